The van der Waals surface area contributed by atoms with Gasteiger partial charge in [0.25, 0.3) is 5.22 Å². The number of rotatable bonds is 6. The fraction of sp³-hybridized carbons (Fsp3) is 0.353. The normalized spacial score (nSPS) is 19.0. The number of hydrogen-bond donors (Lipinski definition) is 0. The average molecular weight is 391 g/mol. The van der Waals surface area contributed by atoms with Crippen molar-refractivity contribution in [3.05, 3.63) is 48.0 Å². The Morgan fingerprint density at radius 1 is 1.19 bits per heavy atom. The first-order chi connectivity index (χ1) is 12.6. The molecular weight excluding hydrogens is 374 g/mol. The van der Waals surface area contributed by atoms with E-state index in [2.05, 4.69) is 15.4 Å². The van der Waals surface area contributed by atoms with E-state index < -0.39 is 9.84 Å². The lowest BCUT2D eigenvalue weighted by Gasteiger charge is -2.01. The molecular formula is C17H17N3O4S2. The van der Waals surface area contributed by atoms with Crippen molar-refractivity contribution in [2.45, 2.75) is 23.8 Å². The third-order valence-corrected chi connectivity index (χ3v) is 6.89. The van der Waals surface area contributed by atoms with Crippen molar-refractivity contribution in [3.63, 3.8) is 0 Å². The number of hydrogen-bond acceptors (Lipinski definition) is 8. The van der Waals surface area contributed by atoms with Gasteiger partial charge in [-0.3, -0.25) is 0 Å². The van der Waals surface area contributed by atoms with Crippen LogP contribution in [0.2, 0.25) is 0 Å². The lowest BCUT2D eigenvalue weighted by atomic mass is 10.1. The minimum atomic E-state index is -2.89. The van der Waals surface area contributed by atoms with Crippen LogP contribution in [0.15, 0.2) is 50.6 Å². The summed E-state index contributed by atoms with van der Waals surface area (Å²) in [5.41, 5.74) is 1.76. The molecule has 1 fully saturated rings. The van der Waals surface area contributed by atoms with Crippen LogP contribution in [0, 0.1) is 5.92 Å². The largest absolute Gasteiger partial charge is 0.416 e. The molecule has 4 rings (SSSR count). The van der Waals surface area contributed by atoms with Crippen LogP contribution in [0.3, 0.4) is 0 Å². The van der Waals surface area contributed by atoms with Crippen LogP contribution in [0.25, 0.3) is 11.3 Å². The topological polar surface area (TPSA) is 99.1 Å². The molecule has 0 saturated carbocycles. The number of aromatic nitrogens is 3. The molecule has 1 saturated heterocycles. The summed E-state index contributed by atoms with van der Waals surface area (Å²) >= 11 is 1.38. The molecule has 3 heterocycles. The van der Waals surface area contributed by atoms with E-state index in [1.165, 1.54) is 11.8 Å². The van der Waals surface area contributed by atoms with Gasteiger partial charge in [0, 0.05) is 23.8 Å². The summed E-state index contributed by atoms with van der Waals surface area (Å²) in [6.45, 7) is 0. The Morgan fingerprint density at radius 3 is 2.81 bits per heavy atom. The van der Waals surface area contributed by atoms with Crippen LogP contribution >= 0.6 is 11.8 Å². The molecule has 0 amide bonds. The predicted octanol–water partition coefficient (Wildman–Crippen LogP) is 2.99. The molecule has 1 aromatic carbocycles. The molecule has 136 valence electrons. The molecule has 1 aliphatic rings. The third-order valence-electron chi connectivity index (χ3n) is 4.20. The van der Waals surface area contributed by atoms with E-state index in [-0.39, 0.29) is 17.4 Å². The first-order valence-electron chi connectivity index (χ1n) is 8.24. The summed E-state index contributed by atoms with van der Waals surface area (Å²) in [5.74, 6) is 2.29. The molecule has 0 radical (unpaired) electrons. The molecule has 26 heavy (non-hydrogen) atoms. The number of thioether (sulfide) groups is 1. The van der Waals surface area contributed by atoms with Gasteiger partial charge in [0.1, 0.15) is 0 Å². The van der Waals surface area contributed by atoms with Crippen LogP contribution in [0.1, 0.15) is 18.0 Å². The summed E-state index contributed by atoms with van der Waals surface area (Å²) in [6.07, 6.45) is 1.17. The first kappa shape index (κ1) is 17.3. The Morgan fingerprint density at radius 2 is 2.04 bits per heavy atom. The van der Waals surface area contributed by atoms with Crippen molar-refractivity contribution in [3.8, 4) is 11.3 Å². The SMILES string of the molecule is O=S1(=O)CC[C@@H](Cc2nnc(SCc3cc(-c4ccccc4)on3)o2)C1. The van der Waals surface area contributed by atoms with Gasteiger partial charge in [-0.1, -0.05) is 47.3 Å². The monoisotopic (exact) mass is 391 g/mol. The van der Waals surface area contributed by atoms with E-state index in [9.17, 15) is 8.42 Å². The molecule has 0 spiro atoms. The van der Waals surface area contributed by atoms with E-state index in [0.717, 1.165) is 17.0 Å². The van der Waals surface area contributed by atoms with Gasteiger partial charge in [0.05, 0.1) is 17.2 Å². The van der Waals surface area contributed by atoms with Crippen molar-refractivity contribution >= 4 is 21.6 Å². The zero-order valence-corrected chi connectivity index (χ0v) is 15.5. The van der Waals surface area contributed by atoms with Crippen molar-refractivity contribution in [1.29, 1.82) is 0 Å². The highest BCUT2D eigenvalue weighted by Gasteiger charge is 2.29. The fourth-order valence-electron chi connectivity index (χ4n) is 2.91. The molecule has 7 nitrogen and oxygen atoms in total. The van der Waals surface area contributed by atoms with E-state index >= 15 is 0 Å². The van der Waals surface area contributed by atoms with E-state index in [0.29, 0.717) is 29.7 Å². The van der Waals surface area contributed by atoms with Gasteiger partial charge in [0.2, 0.25) is 5.89 Å². The fourth-order valence-corrected chi connectivity index (χ4v) is 5.44. The van der Waals surface area contributed by atoms with Crippen LogP contribution in [0.4, 0.5) is 0 Å². The van der Waals surface area contributed by atoms with E-state index in [4.69, 9.17) is 8.94 Å². The summed E-state index contributed by atoms with van der Waals surface area (Å²) in [6, 6.07) is 11.7. The van der Waals surface area contributed by atoms with Gasteiger partial charge in [0.15, 0.2) is 15.6 Å². The van der Waals surface area contributed by atoms with Gasteiger partial charge in [-0.2, -0.15) is 0 Å². The maximum absolute atomic E-state index is 11.5. The second-order valence-electron chi connectivity index (χ2n) is 6.27. The molecule has 0 unspecified atom stereocenters. The van der Waals surface area contributed by atoms with Crippen LogP contribution in [0.5, 0.6) is 0 Å². The number of sulfone groups is 1. The second kappa shape index (κ2) is 7.24. The maximum atomic E-state index is 11.5. The van der Waals surface area contributed by atoms with Gasteiger partial charge < -0.3 is 8.94 Å². The Bertz CT molecular complexity index is 982. The predicted molar refractivity (Wildman–Crippen MR) is 96.3 cm³/mol. The first-order valence-corrected chi connectivity index (χ1v) is 11.0. The number of benzene rings is 1. The molecule has 0 aliphatic carbocycles. The minimum absolute atomic E-state index is 0.0715. The second-order valence-corrected chi connectivity index (χ2v) is 9.43. The lowest BCUT2D eigenvalue weighted by Crippen LogP contribution is -2.07. The molecule has 1 atom stereocenters. The van der Waals surface area contributed by atoms with Crippen molar-refractivity contribution in [1.82, 2.24) is 15.4 Å². The standard InChI is InChI=1S/C17H17N3O4S2/c21-26(22)7-6-12(11-26)8-16-18-19-17(23-16)25-10-14-9-15(24-20-14)13-4-2-1-3-5-13/h1-5,9,12H,6-8,10-11H2/t12-/m0/s1. The Kier molecular flexibility index (Phi) is 4.82. The van der Waals surface area contributed by atoms with E-state index in [1.54, 1.807) is 0 Å². The third kappa shape index (κ3) is 4.16. The smallest absolute Gasteiger partial charge is 0.276 e. The molecule has 2 aromatic heterocycles. The molecule has 1 aliphatic heterocycles. The maximum Gasteiger partial charge on any atom is 0.276 e. The Labute approximate surface area is 155 Å². The van der Waals surface area contributed by atoms with Gasteiger partial charge in [-0.25, -0.2) is 8.42 Å². The average Bonchev–Trinajstić information content (AvgIpc) is 3.34. The molecule has 0 bridgehead atoms. The van der Waals surface area contributed by atoms with Crippen molar-refractivity contribution in [2.24, 2.45) is 5.92 Å². The summed E-state index contributed by atoms with van der Waals surface area (Å²) < 4.78 is 34.0. The molecule has 9 heteroatoms. The van der Waals surface area contributed by atoms with Crippen molar-refractivity contribution < 1.29 is 17.4 Å². The quantitative estimate of drug-likeness (QED) is 0.591. The highest BCUT2D eigenvalue weighted by atomic mass is 32.2. The summed E-state index contributed by atoms with van der Waals surface area (Å²) in [5, 5.41) is 12.5. The summed E-state index contributed by atoms with van der Waals surface area (Å²) in [4.78, 5) is 0. The minimum Gasteiger partial charge on any atom is -0.416 e. The van der Waals surface area contributed by atoms with Crippen molar-refractivity contribution in [2.75, 3.05) is 11.5 Å². The summed E-state index contributed by atoms with van der Waals surface area (Å²) in [7, 11) is -2.89. The van der Waals surface area contributed by atoms with Crippen LogP contribution in [-0.4, -0.2) is 35.3 Å². The zero-order valence-electron chi connectivity index (χ0n) is 13.9. The van der Waals surface area contributed by atoms with Gasteiger partial charge in [-0.15, -0.1) is 10.2 Å². The van der Waals surface area contributed by atoms with Gasteiger partial charge in [-0.05, 0) is 12.3 Å². The Hall–Kier alpha value is -2.13. The Balaban J connectivity index is 1.33. The van der Waals surface area contributed by atoms with Crippen LogP contribution in [-0.2, 0) is 22.0 Å². The van der Waals surface area contributed by atoms with Crippen LogP contribution < -0.4 is 0 Å². The highest BCUT2D eigenvalue weighted by molar-refractivity contribution is 7.98. The zero-order chi connectivity index (χ0) is 18.0. The van der Waals surface area contributed by atoms with E-state index in [1.807, 2.05) is 36.4 Å². The van der Waals surface area contributed by atoms with Gasteiger partial charge >= 0.3 is 0 Å². The molecule has 3 aromatic rings. The lowest BCUT2D eigenvalue weighted by molar-refractivity contribution is 0.389. The highest BCUT2D eigenvalue weighted by Crippen LogP contribution is 2.27. The molecule has 0 N–H and O–H groups in total. The number of nitrogens with zero attached hydrogens (tertiary/aromatic N) is 3.